The van der Waals surface area contributed by atoms with Crippen molar-refractivity contribution in [3.05, 3.63) is 66.7 Å². The predicted octanol–water partition coefficient (Wildman–Crippen LogP) is 3.49. The Balaban J connectivity index is 1.80. The van der Waals surface area contributed by atoms with E-state index >= 15 is 0 Å². The third-order valence-electron chi connectivity index (χ3n) is 4.15. The largest absolute Gasteiger partial charge is 0.496 e. The fourth-order valence-electron chi connectivity index (χ4n) is 2.95. The molecule has 0 bridgehead atoms. The second-order valence-electron chi connectivity index (χ2n) is 5.80. The van der Waals surface area contributed by atoms with Crippen LogP contribution in [0.4, 0.5) is 0 Å². The highest BCUT2D eigenvalue weighted by molar-refractivity contribution is 5.86. The second-order valence-corrected chi connectivity index (χ2v) is 5.80. The van der Waals surface area contributed by atoms with Crippen LogP contribution in [0.25, 0.3) is 22.2 Å². The lowest BCUT2D eigenvalue weighted by atomic mass is 10.1. The molecule has 2 heterocycles. The summed E-state index contributed by atoms with van der Waals surface area (Å²) in [7, 11) is 3.60. The van der Waals surface area contributed by atoms with Crippen LogP contribution in [-0.4, -0.2) is 26.4 Å². The third-order valence-corrected chi connectivity index (χ3v) is 4.15. The Kier molecular flexibility index (Phi) is 3.54. The van der Waals surface area contributed by atoms with E-state index in [1.807, 2.05) is 37.9 Å². The first-order chi connectivity index (χ1) is 11.7. The molecule has 120 valence electrons. The molecule has 2 aromatic heterocycles. The Bertz CT molecular complexity index is 985. The number of imidazole rings is 1. The molecule has 0 N–H and O–H groups in total. The number of hydrogen-bond acceptors (Lipinski definition) is 3. The van der Waals surface area contributed by atoms with Crippen LogP contribution < -0.4 is 4.74 Å². The first-order valence-corrected chi connectivity index (χ1v) is 7.80. The Hall–Kier alpha value is -3.08. The molecule has 0 unspecified atom stereocenters. The molecular weight excluding hydrogens is 300 g/mol. The number of benzene rings is 2. The van der Waals surface area contributed by atoms with Crippen molar-refractivity contribution in [2.75, 3.05) is 7.11 Å². The SMILES string of the molecule is COc1cc2c(cc1-c1cnn(C)c1)ncn2Cc1ccccc1. The van der Waals surface area contributed by atoms with Crippen molar-refractivity contribution in [1.82, 2.24) is 19.3 Å². The van der Waals surface area contributed by atoms with Gasteiger partial charge in [-0.15, -0.1) is 0 Å². The molecule has 4 aromatic rings. The zero-order valence-electron chi connectivity index (χ0n) is 13.7. The van der Waals surface area contributed by atoms with Crippen LogP contribution in [0, 0.1) is 0 Å². The predicted molar refractivity (Wildman–Crippen MR) is 94.0 cm³/mol. The molecule has 24 heavy (non-hydrogen) atoms. The van der Waals surface area contributed by atoms with Crippen LogP contribution in [0.2, 0.25) is 0 Å². The first-order valence-electron chi connectivity index (χ1n) is 7.80. The Labute approximate surface area is 140 Å². The minimum Gasteiger partial charge on any atom is -0.496 e. The van der Waals surface area contributed by atoms with Gasteiger partial charge in [-0.2, -0.15) is 5.10 Å². The lowest BCUT2D eigenvalue weighted by molar-refractivity contribution is 0.417. The van der Waals surface area contributed by atoms with E-state index in [0.717, 1.165) is 34.5 Å². The van der Waals surface area contributed by atoms with Crippen LogP contribution >= 0.6 is 0 Å². The van der Waals surface area contributed by atoms with E-state index in [1.54, 1.807) is 11.8 Å². The van der Waals surface area contributed by atoms with Crippen LogP contribution in [0.1, 0.15) is 5.56 Å². The van der Waals surface area contributed by atoms with Gasteiger partial charge in [0, 0.05) is 37.0 Å². The van der Waals surface area contributed by atoms with Gasteiger partial charge in [-0.1, -0.05) is 30.3 Å². The van der Waals surface area contributed by atoms with Crippen molar-refractivity contribution in [2.24, 2.45) is 7.05 Å². The summed E-state index contributed by atoms with van der Waals surface area (Å²) >= 11 is 0. The minimum absolute atomic E-state index is 0.784. The van der Waals surface area contributed by atoms with E-state index in [1.165, 1.54) is 5.56 Å². The molecule has 0 amide bonds. The fourth-order valence-corrected chi connectivity index (χ4v) is 2.95. The van der Waals surface area contributed by atoms with Gasteiger partial charge in [0.05, 0.1) is 30.7 Å². The monoisotopic (exact) mass is 318 g/mol. The van der Waals surface area contributed by atoms with Gasteiger partial charge >= 0.3 is 0 Å². The van der Waals surface area contributed by atoms with Gasteiger partial charge < -0.3 is 9.30 Å². The molecule has 0 fully saturated rings. The van der Waals surface area contributed by atoms with Gasteiger partial charge in [0.15, 0.2) is 0 Å². The molecule has 0 radical (unpaired) electrons. The fraction of sp³-hybridized carbons (Fsp3) is 0.158. The first kappa shape index (κ1) is 14.5. The number of nitrogens with zero attached hydrogens (tertiary/aromatic N) is 4. The number of ether oxygens (including phenoxy) is 1. The zero-order valence-corrected chi connectivity index (χ0v) is 13.7. The van der Waals surface area contributed by atoms with Gasteiger partial charge in [0.1, 0.15) is 5.75 Å². The second kappa shape index (κ2) is 5.85. The summed E-state index contributed by atoms with van der Waals surface area (Å²) < 4.78 is 9.54. The van der Waals surface area contributed by atoms with E-state index in [9.17, 15) is 0 Å². The minimum atomic E-state index is 0.784. The van der Waals surface area contributed by atoms with Gasteiger partial charge in [-0.3, -0.25) is 4.68 Å². The van der Waals surface area contributed by atoms with E-state index < -0.39 is 0 Å². The highest BCUT2D eigenvalue weighted by atomic mass is 16.5. The standard InChI is InChI=1S/C19H18N4O/c1-22-12-15(10-21-22)16-8-17-18(9-19(16)24-2)23(13-20-17)11-14-6-4-3-5-7-14/h3-10,12-13H,11H2,1-2H3. The Morgan fingerprint density at radius 1 is 1.12 bits per heavy atom. The van der Waals surface area contributed by atoms with E-state index in [4.69, 9.17) is 4.74 Å². The molecule has 0 aliphatic rings. The molecule has 0 aliphatic heterocycles. The third kappa shape index (κ3) is 2.54. The Morgan fingerprint density at radius 3 is 2.67 bits per heavy atom. The summed E-state index contributed by atoms with van der Waals surface area (Å²) in [5.41, 5.74) is 5.28. The summed E-state index contributed by atoms with van der Waals surface area (Å²) in [6, 6.07) is 14.5. The van der Waals surface area contributed by atoms with E-state index in [2.05, 4.69) is 45.0 Å². The van der Waals surface area contributed by atoms with Gasteiger partial charge in [0.2, 0.25) is 0 Å². The van der Waals surface area contributed by atoms with Crippen molar-refractivity contribution in [1.29, 1.82) is 0 Å². The van der Waals surface area contributed by atoms with E-state index in [-0.39, 0.29) is 0 Å². The lowest BCUT2D eigenvalue weighted by Gasteiger charge is -2.09. The number of hydrogen-bond donors (Lipinski definition) is 0. The van der Waals surface area contributed by atoms with Crippen LogP contribution in [0.15, 0.2) is 61.2 Å². The van der Waals surface area contributed by atoms with Crippen molar-refractivity contribution in [3.63, 3.8) is 0 Å². The molecule has 4 rings (SSSR count). The van der Waals surface area contributed by atoms with Crippen molar-refractivity contribution < 1.29 is 4.74 Å². The summed E-state index contributed by atoms with van der Waals surface area (Å²) in [5.74, 6) is 0.824. The number of aromatic nitrogens is 4. The lowest BCUT2D eigenvalue weighted by Crippen LogP contribution is -1.98. The molecule has 0 saturated carbocycles. The molecule has 0 aliphatic carbocycles. The van der Waals surface area contributed by atoms with Crippen LogP contribution in [0.5, 0.6) is 5.75 Å². The molecule has 0 saturated heterocycles. The maximum atomic E-state index is 5.61. The topological polar surface area (TPSA) is 44.9 Å². The van der Waals surface area contributed by atoms with Crippen LogP contribution in [0.3, 0.4) is 0 Å². The molecule has 5 nitrogen and oxygen atoms in total. The molecular formula is C19H18N4O. The zero-order chi connectivity index (χ0) is 16.5. The van der Waals surface area contributed by atoms with Gasteiger partial charge in [-0.25, -0.2) is 4.98 Å². The average molecular weight is 318 g/mol. The number of rotatable bonds is 4. The highest BCUT2D eigenvalue weighted by Gasteiger charge is 2.13. The number of aryl methyl sites for hydroxylation is 1. The number of methoxy groups -OCH3 is 1. The quantitative estimate of drug-likeness (QED) is 0.578. The summed E-state index contributed by atoms with van der Waals surface area (Å²) in [4.78, 5) is 4.56. The van der Waals surface area contributed by atoms with Crippen molar-refractivity contribution in [2.45, 2.75) is 6.54 Å². The normalized spacial score (nSPS) is 11.1. The van der Waals surface area contributed by atoms with E-state index in [0.29, 0.717) is 0 Å². The van der Waals surface area contributed by atoms with Crippen molar-refractivity contribution >= 4 is 11.0 Å². The summed E-state index contributed by atoms with van der Waals surface area (Å²) in [5, 5.41) is 4.25. The maximum absolute atomic E-state index is 5.61. The molecule has 0 spiro atoms. The van der Waals surface area contributed by atoms with Crippen LogP contribution in [-0.2, 0) is 13.6 Å². The van der Waals surface area contributed by atoms with Gasteiger partial charge in [-0.05, 0) is 11.6 Å². The van der Waals surface area contributed by atoms with Crippen molar-refractivity contribution in [3.8, 4) is 16.9 Å². The molecule has 2 aromatic carbocycles. The maximum Gasteiger partial charge on any atom is 0.129 e. The Morgan fingerprint density at radius 2 is 1.96 bits per heavy atom. The average Bonchev–Trinajstić information content (AvgIpc) is 3.21. The molecule has 5 heteroatoms. The van der Waals surface area contributed by atoms with Gasteiger partial charge in [0.25, 0.3) is 0 Å². The summed E-state index contributed by atoms with van der Waals surface area (Å²) in [6.45, 7) is 0.784. The molecule has 0 atom stereocenters. The summed E-state index contributed by atoms with van der Waals surface area (Å²) in [6.07, 6.45) is 5.69. The smallest absolute Gasteiger partial charge is 0.129 e. The highest BCUT2D eigenvalue weighted by Crippen LogP contribution is 2.33. The number of fused-ring (bicyclic) bond motifs is 1.